The molecule has 0 aliphatic carbocycles. The number of benzene rings is 2. The van der Waals surface area contributed by atoms with Crippen molar-refractivity contribution >= 4 is 23.4 Å². The van der Waals surface area contributed by atoms with E-state index in [1.54, 1.807) is 0 Å². The second kappa shape index (κ2) is 7.69. The lowest BCUT2D eigenvalue weighted by molar-refractivity contribution is -0.287. The number of Topliss-reactive ketones (excluding diaryl/α,β-unsaturated/α-hetero) is 1. The van der Waals surface area contributed by atoms with E-state index in [1.807, 2.05) is 0 Å². The first kappa shape index (κ1) is 21.7. The fraction of sp³-hybridized carbons (Fsp3) is 0.263. The van der Waals surface area contributed by atoms with Gasteiger partial charge in [0.15, 0.2) is 17.3 Å². The molecule has 160 valence electrons. The number of alkyl halides is 3. The van der Waals surface area contributed by atoms with Crippen LogP contribution in [0.4, 0.5) is 18.0 Å². The van der Waals surface area contributed by atoms with Crippen LogP contribution in [0.2, 0.25) is 5.02 Å². The minimum Gasteiger partial charge on any atom is -0.504 e. The van der Waals surface area contributed by atoms with E-state index in [9.17, 15) is 33.0 Å². The van der Waals surface area contributed by atoms with Gasteiger partial charge < -0.3 is 25.6 Å². The van der Waals surface area contributed by atoms with Crippen molar-refractivity contribution in [1.29, 1.82) is 0 Å². The van der Waals surface area contributed by atoms with Gasteiger partial charge in [-0.1, -0.05) is 17.7 Å². The smallest absolute Gasteiger partial charge is 0.437 e. The molecule has 30 heavy (non-hydrogen) atoms. The van der Waals surface area contributed by atoms with E-state index in [4.69, 9.17) is 16.3 Å². The summed E-state index contributed by atoms with van der Waals surface area (Å²) in [4.78, 5) is 25.1. The molecule has 1 aliphatic heterocycles. The largest absolute Gasteiger partial charge is 0.504 e. The van der Waals surface area contributed by atoms with Gasteiger partial charge in [-0.2, -0.15) is 13.2 Å². The Labute approximate surface area is 173 Å². The van der Waals surface area contributed by atoms with Crippen LogP contribution >= 0.6 is 11.6 Å². The third-order valence-corrected chi connectivity index (χ3v) is 5.03. The molecule has 2 amide bonds. The molecule has 3 atom stereocenters. The Morgan fingerprint density at radius 2 is 1.83 bits per heavy atom. The summed E-state index contributed by atoms with van der Waals surface area (Å²) in [6.45, 7) is 0. The number of aliphatic hydroxyl groups is 1. The molecule has 0 bridgehead atoms. The quantitative estimate of drug-likeness (QED) is 0.542. The molecule has 1 saturated heterocycles. The predicted octanol–water partition coefficient (Wildman–Crippen LogP) is 3.16. The van der Waals surface area contributed by atoms with E-state index >= 15 is 0 Å². The zero-order valence-corrected chi connectivity index (χ0v) is 16.1. The van der Waals surface area contributed by atoms with Crippen molar-refractivity contribution in [2.24, 2.45) is 5.92 Å². The number of aromatic hydroxyl groups is 1. The first-order valence-electron chi connectivity index (χ1n) is 8.52. The van der Waals surface area contributed by atoms with E-state index in [1.165, 1.54) is 48.8 Å². The number of hydrogen-bond acceptors (Lipinski definition) is 5. The zero-order valence-electron chi connectivity index (χ0n) is 15.3. The molecule has 1 heterocycles. The summed E-state index contributed by atoms with van der Waals surface area (Å²) < 4.78 is 46.5. The molecule has 0 saturated carbocycles. The Morgan fingerprint density at radius 1 is 1.20 bits per heavy atom. The maximum absolute atomic E-state index is 13.9. The second-order valence-electron chi connectivity index (χ2n) is 6.62. The number of nitrogens with one attached hydrogen (secondary N) is 2. The van der Waals surface area contributed by atoms with Crippen LogP contribution in [0.3, 0.4) is 0 Å². The van der Waals surface area contributed by atoms with Gasteiger partial charge in [-0.3, -0.25) is 4.79 Å². The van der Waals surface area contributed by atoms with Gasteiger partial charge in [0, 0.05) is 10.6 Å². The number of carbonyl (C=O) groups excluding carboxylic acids is 2. The highest BCUT2D eigenvalue weighted by Crippen LogP contribution is 2.45. The average molecular weight is 445 g/mol. The second-order valence-corrected chi connectivity index (χ2v) is 7.06. The fourth-order valence-corrected chi connectivity index (χ4v) is 3.42. The molecule has 2 aromatic rings. The van der Waals surface area contributed by atoms with Crippen LogP contribution in [0.15, 0.2) is 42.5 Å². The van der Waals surface area contributed by atoms with Gasteiger partial charge in [-0.25, -0.2) is 4.79 Å². The van der Waals surface area contributed by atoms with E-state index in [-0.39, 0.29) is 27.6 Å². The Morgan fingerprint density at radius 3 is 2.40 bits per heavy atom. The Bertz CT molecular complexity index is 983. The van der Waals surface area contributed by atoms with Crippen molar-refractivity contribution in [3.8, 4) is 11.5 Å². The van der Waals surface area contributed by atoms with E-state index in [0.29, 0.717) is 0 Å². The highest BCUT2D eigenvalue weighted by molar-refractivity contribution is 6.30. The molecule has 0 aromatic heterocycles. The number of ketones is 1. The highest BCUT2D eigenvalue weighted by atomic mass is 35.5. The first-order valence-corrected chi connectivity index (χ1v) is 8.90. The summed E-state index contributed by atoms with van der Waals surface area (Å²) >= 11 is 5.78. The first-order chi connectivity index (χ1) is 14.0. The SMILES string of the molecule is COc1cc([C@H]2NC(=O)N[C@](O)(C(F)(F)F)[C@@H]2C(=O)c2ccc(Cl)cc2)ccc1O. The van der Waals surface area contributed by atoms with Crippen LogP contribution in [0.5, 0.6) is 11.5 Å². The molecule has 4 N–H and O–H groups in total. The third kappa shape index (κ3) is 3.75. The highest BCUT2D eigenvalue weighted by Gasteiger charge is 2.66. The Balaban J connectivity index is 2.18. The molecule has 0 unspecified atom stereocenters. The van der Waals surface area contributed by atoms with Crippen molar-refractivity contribution in [3.63, 3.8) is 0 Å². The third-order valence-electron chi connectivity index (χ3n) is 4.78. The molecule has 3 rings (SSSR count). The minimum absolute atomic E-state index is 0.00879. The lowest BCUT2D eigenvalue weighted by Gasteiger charge is -2.45. The Hall–Kier alpha value is -2.98. The molecule has 0 radical (unpaired) electrons. The summed E-state index contributed by atoms with van der Waals surface area (Å²) in [7, 11) is 1.22. The van der Waals surface area contributed by atoms with Crippen molar-refractivity contribution < 1.29 is 37.7 Å². The van der Waals surface area contributed by atoms with Gasteiger partial charge in [-0.15, -0.1) is 0 Å². The van der Waals surface area contributed by atoms with Crippen molar-refractivity contribution in [1.82, 2.24) is 10.6 Å². The topological polar surface area (TPSA) is 108 Å². The van der Waals surface area contributed by atoms with E-state index < -0.39 is 35.7 Å². The van der Waals surface area contributed by atoms with Crippen molar-refractivity contribution in [2.45, 2.75) is 17.9 Å². The summed E-state index contributed by atoms with van der Waals surface area (Å²) in [5, 5.41) is 24.2. The normalized spacial score (nSPS) is 24.0. The molecule has 11 heteroatoms. The molecular weight excluding hydrogens is 429 g/mol. The monoisotopic (exact) mass is 444 g/mol. The number of carbonyl (C=O) groups is 2. The predicted molar refractivity (Wildman–Crippen MR) is 99.3 cm³/mol. The number of amides is 2. The Kier molecular flexibility index (Phi) is 5.57. The van der Waals surface area contributed by atoms with Gasteiger partial charge in [0.05, 0.1) is 13.2 Å². The van der Waals surface area contributed by atoms with Gasteiger partial charge in [-0.05, 0) is 42.0 Å². The van der Waals surface area contributed by atoms with Gasteiger partial charge in [0.25, 0.3) is 0 Å². The van der Waals surface area contributed by atoms with Crippen LogP contribution in [0.25, 0.3) is 0 Å². The molecule has 1 aliphatic rings. The number of rotatable bonds is 4. The average Bonchev–Trinajstić information content (AvgIpc) is 2.67. The van der Waals surface area contributed by atoms with Crippen molar-refractivity contribution in [3.05, 3.63) is 58.6 Å². The molecule has 7 nitrogen and oxygen atoms in total. The fourth-order valence-electron chi connectivity index (χ4n) is 3.30. The number of phenolic OH excluding ortho intramolecular Hbond substituents is 1. The number of halogens is 4. The van der Waals surface area contributed by atoms with Gasteiger partial charge in [0.2, 0.25) is 5.72 Å². The lowest BCUT2D eigenvalue weighted by Crippen LogP contribution is -2.72. The van der Waals surface area contributed by atoms with E-state index in [2.05, 4.69) is 5.32 Å². The van der Waals surface area contributed by atoms with Crippen LogP contribution in [-0.4, -0.2) is 41.0 Å². The molecule has 1 fully saturated rings. The summed E-state index contributed by atoms with van der Waals surface area (Å²) in [5.74, 6) is -3.68. The zero-order chi connectivity index (χ0) is 22.3. The molecular formula is C19H16ClF3N2O5. The number of hydrogen-bond donors (Lipinski definition) is 4. The van der Waals surface area contributed by atoms with Crippen LogP contribution < -0.4 is 15.4 Å². The number of urea groups is 1. The number of phenols is 1. The lowest BCUT2D eigenvalue weighted by atomic mass is 9.77. The van der Waals surface area contributed by atoms with Gasteiger partial charge >= 0.3 is 12.2 Å². The standard InChI is InChI=1S/C19H16ClF3N2O5/c1-30-13-8-10(4-7-12(13)26)15-14(16(27)9-2-5-11(20)6-3-9)18(29,19(21,22)23)25-17(28)24-15/h2-8,14-15,26,29H,1H3,(H2,24,25,28)/t14-,15+,18+/m0/s1. The van der Waals surface area contributed by atoms with Crippen LogP contribution in [0.1, 0.15) is 22.0 Å². The summed E-state index contributed by atoms with van der Waals surface area (Å²) in [6.07, 6.45) is -5.38. The maximum atomic E-state index is 13.9. The van der Waals surface area contributed by atoms with Crippen molar-refractivity contribution in [2.75, 3.05) is 7.11 Å². The van der Waals surface area contributed by atoms with Crippen LogP contribution in [-0.2, 0) is 0 Å². The summed E-state index contributed by atoms with van der Waals surface area (Å²) in [5.41, 5.74) is -4.00. The maximum Gasteiger partial charge on any atom is 0.437 e. The number of methoxy groups -OCH3 is 1. The summed E-state index contributed by atoms with van der Waals surface area (Å²) in [6, 6.07) is 5.66. The molecule has 0 spiro atoms. The van der Waals surface area contributed by atoms with E-state index in [0.717, 1.165) is 6.07 Å². The molecule has 2 aromatic carbocycles. The minimum atomic E-state index is -5.38. The van der Waals surface area contributed by atoms with Gasteiger partial charge in [0.1, 0.15) is 5.92 Å². The van der Waals surface area contributed by atoms with Crippen LogP contribution in [0, 0.1) is 5.92 Å². The number of ether oxygens (including phenoxy) is 1.